The first-order valence-corrected chi connectivity index (χ1v) is 11.3. The summed E-state index contributed by atoms with van der Waals surface area (Å²) in [5.74, 6) is -0.330. The van der Waals surface area contributed by atoms with E-state index in [4.69, 9.17) is 10.5 Å². The minimum atomic E-state index is -4.45. The number of hydrogen-bond acceptors (Lipinski definition) is 6. The second-order valence-corrected chi connectivity index (χ2v) is 8.31. The molecule has 2 aromatic heterocycles. The van der Waals surface area contributed by atoms with Crippen LogP contribution in [-0.4, -0.2) is 28.0 Å². The summed E-state index contributed by atoms with van der Waals surface area (Å²) in [6, 6.07) is 12.1. The maximum atomic E-state index is 13.2. The fourth-order valence-electron chi connectivity index (χ4n) is 3.81. The highest BCUT2D eigenvalue weighted by molar-refractivity contribution is 5.95. The van der Waals surface area contributed by atoms with Crippen molar-refractivity contribution in [1.29, 1.82) is 0 Å². The number of nitrogens with two attached hydrogens (primary N) is 1. The number of amides is 1. The molecule has 4 rings (SSSR count). The minimum absolute atomic E-state index is 0.109. The van der Waals surface area contributed by atoms with Crippen LogP contribution < -0.4 is 15.8 Å². The first-order valence-electron chi connectivity index (χ1n) is 11.3. The van der Waals surface area contributed by atoms with Crippen LogP contribution in [-0.2, 0) is 12.7 Å². The van der Waals surface area contributed by atoms with Gasteiger partial charge in [-0.3, -0.25) is 9.78 Å². The van der Waals surface area contributed by atoms with Gasteiger partial charge in [0.25, 0.3) is 5.91 Å². The van der Waals surface area contributed by atoms with Crippen molar-refractivity contribution in [2.24, 2.45) is 5.73 Å². The number of nitrogens with one attached hydrogen (secondary N) is 1. The molecule has 4 aromatic rings. The van der Waals surface area contributed by atoms with E-state index >= 15 is 0 Å². The van der Waals surface area contributed by atoms with Crippen LogP contribution in [0.5, 0.6) is 6.01 Å². The molecule has 7 nitrogen and oxygen atoms in total. The quantitative estimate of drug-likeness (QED) is 0.357. The van der Waals surface area contributed by atoms with Gasteiger partial charge in [0.15, 0.2) is 0 Å². The Morgan fingerprint density at radius 3 is 2.30 bits per heavy atom. The molecule has 0 unspecified atom stereocenters. The molecule has 10 heteroatoms. The lowest BCUT2D eigenvalue weighted by molar-refractivity contribution is -0.137. The van der Waals surface area contributed by atoms with Crippen molar-refractivity contribution >= 4 is 5.91 Å². The fraction of sp³-hybridized carbons (Fsp3) is 0.185. The molecule has 190 valence electrons. The number of halogens is 3. The summed E-state index contributed by atoms with van der Waals surface area (Å²) >= 11 is 0. The van der Waals surface area contributed by atoms with Crippen LogP contribution in [0.15, 0.2) is 73.3 Å². The molecule has 37 heavy (non-hydrogen) atoms. The van der Waals surface area contributed by atoms with Gasteiger partial charge in [-0.2, -0.15) is 13.2 Å². The Hall–Kier alpha value is -4.31. The Morgan fingerprint density at radius 2 is 1.68 bits per heavy atom. The van der Waals surface area contributed by atoms with Gasteiger partial charge in [0.1, 0.15) is 0 Å². The van der Waals surface area contributed by atoms with Crippen molar-refractivity contribution < 1.29 is 22.7 Å². The van der Waals surface area contributed by atoms with Crippen LogP contribution in [0.3, 0.4) is 0 Å². The van der Waals surface area contributed by atoms with Crippen molar-refractivity contribution in [3.8, 4) is 28.3 Å². The van der Waals surface area contributed by atoms with Gasteiger partial charge in [-0.1, -0.05) is 30.3 Å². The SMILES string of the molecule is COc1ncc(-c2cncc(C(=O)N[C@H](C)c3ccc(-c4cc(C(F)(F)F)ccc4CN)cc3)c2)cn1. The van der Waals surface area contributed by atoms with Gasteiger partial charge >= 0.3 is 12.2 Å². The van der Waals surface area contributed by atoms with Crippen LogP contribution in [0.1, 0.15) is 40.0 Å². The number of pyridine rings is 1. The molecule has 2 aromatic carbocycles. The lowest BCUT2D eigenvalue weighted by Crippen LogP contribution is -2.26. The van der Waals surface area contributed by atoms with Gasteiger partial charge in [0.05, 0.1) is 24.3 Å². The standard InChI is InChI=1S/C27H24F3N5O2/c1-16(35-25(36)21-9-20(12-32-13-21)22-14-33-26(37-2)34-15-22)17-3-5-18(6-4-17)24-10-23(27(28,29)30)8-7-19(24)11-31/h3-10,12-16H,11,31H2,1-2H3,(H,35,36)/t16-/m1/s1. The number of hydrogen-bond donors (Lipinski definition) is 2. The van der Waals surface area contributed by atoms with E-state index < -0.39 is 11.7 Å². The van der Waals surface area contributed by atoms with E-state index in [-0.39, 0.29) is 24.5 Å². The zero-order chi connectivity index (χ0) is 26.6. The summed E-state index contributed by atoms with van der Waals surface area (Å²) in [5, 5.41) is 2.92. The second-order valence-electron chi connectivity index (χ2n) is 8.31. The van der Waals surface area contributed by atoms with E-state index in [0.717, 1.165) is 17.7 Å². The maximum absolute atomic E-state index is 13.2. The predicted octanol–water partition coefficient (Wildman–Crippen LogP) is 5.18. The molecular formula is C27H24F3N5O2. The Balaban J connectivity index is 1.50. The highest BCUT2D eigenvalue weighted by Gasteiger charge is 2.31. The van der Waals surface area contributed by atoms with Crippen molar-refractivity contribution in [2.45, 2.75) is 25.7 Å². The maximum Gasteiger partial charge on any atom is 0.416 e. The predicted molar refractivity (Wildman–Crippen MR) is 132 cm³/mol. The lowest BCUT2D eigenvalue weighted by Gasteiger charge is -2.16. The Bertz CT molecular complexity index is 1390. The van der Waals surface area contributed by atoms with E-state index in [1.807, 2.05) is 6.92 Å². The average Bonchev–Trinajstić information content (AvgIpc) is 2.92. The number of carbonyl (C=O) groups excluding carboxylic acids is 1. The largest absolute Gasteiger partial charge is 0.467 e. The van der Waals surface area contributed by atoms with Crippen LogP contribution in [0.4, 0.5) is 13.2 Å². The number of benzene rings is 2. The second kappa shape index (κ2) is 10.8. The number of carbonyl (C=O) groups is 1. The molecule has 0 saturated carbocycles. The first kappa shape index (κ1) is 25.8. The molecule has 0 aliphatic rings. The molecule has 0 saturated heterocycles. The van der Waals surface area contributed by atoms with Gasteiger partial charge < -0.3 is 15.8 Å². The molecule has 0 aliphatic heterocycles. The average molecular weight is 508 g/mol. The molecule has 1 amide bonds. The Kier molecular flexibility index (Phi) is 7.49. The molecule has 0 aliphatic carbocycles. The molecule has 0 bridgehead atoms. The van der Waals surface area contributed by atoms with Gasteiger partial charge in [-0.25, -0.2) is 9.97 Å². The van der Waals surface area contributed by atoms with E-state index in [2.05, 4.69) is 20.3 Å². The zero-order valence-corrected chi connectivity index (χ0v) is 20.1. The fourth-order valence-corrected chi connectivity index (χ4v) is 3.81. The molecular weight excluding hydrogens is 483 g/mol. The molecule has 0 spiro atoms. The molecule has 2 heterocycles. The summed E-state index contributed by atoms with van der Waals surface area (Å²) < 4.78 is 44.6. The zero-order valence-electron chi connectivity index (χ0n) is 20.1. The number of nitrogens with zero attached hydrogens (tertiary/aromatic N) is 3. The number of alkyl halides is 3. The third-order valence-corrected chi connectivity index (χ3v) is 5.87. The van der Waals surface area contributed by atoms with Crippen molar-refractivity contribution in [3.63, 3.8) is 0 Å². The summed E-state index contributed by atoms with van der Waals surface area (Å²) in [4.78, 5) is 25.2. The normalized spacial score (nSPS) is 12.2. The van der Waals surface area contributed by atoms with Crippen molar-refractivity contribution in [3.05, 3.63) is 95.6 Å². The van der Waals surface area contributed by atoms with Crippen LogP contribution in [0, 0.1) is 0 Å². The van der Waals surface area contributed by atoms with Crippen molar-refractivity contribution in [2.75, 3.05) is 7.11 Å². The van der Waals surface area contributed by atoms with Crippen LogP contribution >= 0.6 is 0 Å². The smallest absolute Gasteiger partial charge is 0.416 e. The van der Waals surface area contributed by atoms with Crippen LogP contribution in [0.2, 0.25) is 0 Å². The number of ether oxygens (including phenoxy) is 1. The minimum Gasteiger partial charge on any atom is -0.467 e. The van der Waals surface area contributed by atoms with E-state index in [9.17, 15) is 18.0 Å². The topological polar surface area (TPSA) is 103 Å². The highest BCUT2D eigenvalue weighted by atomic mass is 19.4. The molecule has 3 N–H and O–H groups in total. The first-order chi connectivity index (χ1) is 17.7. The number of methoxy groups -OCH3 is 1. The van der Waals surface area contributed by atoms with Crippen LogP contribution in [0.25, 0.3) is 22.3 Å². The number of rotatable bonds is 7. The highest BCUT2D eigenvalue weighted by Crippen LogP contribution is 2.34. The van der Waals surface area contributed by atoms with Gasteiger partial charge in [-0.15, -0.1) is 0 Å². The monoisotopic (exact) mass is 507 g/mol. The summed E-state index contributed by atoms with van der Waals surface area (Å²) in [6.07, 6.45) is 1.77. The third-order valence-electron chi connectivity index (χ3n) is 5.87. The van der Waals surface area contributed by atoms with E-state index in [1.165, 1.54) is 19.4 Å². The molecule has 0 fully saturated rings. The van der Waals surface area contributed by atoms with Gasteiger partial charge in [0.2, 0.25) is 0 Å². The Morgan fingerprint density at radius 1 is 0.973 bits per heavy atom. The van der Waals surface area contributed by atoms with Gasteiger partial charge in [0, 0.05) is 42.5 Å². The van der Waals surface area contributed by atoms with Crippen molar-refractivity contribution in [1.82, 2.24) is 20.3 Å². The molecule has 0 radical (unpaired) electrons. The van der Waals surface area contributed by atoms with E-state index in [1.54, 1.807) is 48.9 Å². The third kappa shape index (κ3) is 5.92. The van der Waals surface area contributed by atoms with Gasteiger partial charge in [-0.05, 0) is 47.4 Å². The summed E-state index contributed by atoms with van der Waals surface area (Å²) in [6.45, 7) is 1.93. The number of aromatic nitrogens is 3. The molecule has 1 atom stereocenters. The Labute approximate surface area is 211 Å². The summed E-state index contributed by atoms with van der Waals surface area (Å²) in [7, 11) is 1.47. The summed E-state index contributed by atoms with van der Waals surface area (Å²) in [5.41, 5.74) is 9.14. The van der Waals surface area contributed by atoms with E-state index in [0.29, 0.717) is 33.4 Å². The lowest BCUT2D eigenvalue weighted by atomic mass is 9.95.